The molecule has 0 amide bonds. The Balaban J connectivity index is 1.53. The minimum atomic E-state index is 0.714. The molecule has 0 atom stereocenters. The average Bonchev–Trinajstić information content (AvgIpc) is 2.61. The van der Waals surface area contributed by atoms with E-state index >= 15 is 0 Å². The Morgan fingerprint density at radius 3 is 2.42 bits per heavy atom. The molecule has 0 fully saturated rings. The lowest BCUT2D eigenvalue weighted by atomic mass is 10.2. The molecule has 0 aliphatic carbocycles. The molecule has 0 saturated carbocycles. The SMILES string of the molecule is Cc1cccc(Oc2ccc(C=NNCc3ccccc3)cc2)c1. The van der Waals surface area contributed by atoms with Gasteiger partial charge in [0.25, 0.3) is 0 Å². The van der Waals surface area contributed by atoms with Gasteiger partial charge in [-0.3, -0.25) is 0 Å². The monoisotopic (exact) mass is 316 g/mol. The third-order valence-electron chi connectivity index (χ3n) is 3.54. The van der Waals surface area contributed by atoms with Crippen molar-refractivity contribution in [2.45, 2.75) is 13.5 Å². The topological polar surface area (TPSA) is 33.6 Å². The van der Waals surface area contributed by atoms with Crippen LogP contribution in [-0.4, -0.2) is 6.21 Å². The molecule has 0 aromatic heterocycles. The molecule has 3 nitrogen and oxygen atoms in total. The second kappa shape index (κ2) is 7.97. The van der Waals surface area contributed by atoms with Crippen LogP contribution in [0.25, 0.3) is 0 Å². The zero-order chi connectivity index (χ0) is 16.6. The number of ether oxygens (including phenoxy) is 1. The number of nitrogens with one attached hydrogen (secondary N) is 1. The molecule has 3 aromatic rings. The van der Waals surface area contributed by atoms with E-state index in [1.807, 2.05) is 60.7 Å². The second-order valence-corrected chi connectivity index (χ2v) is 5.57. The van der Waals surface area contributed by atoms with E-state index in [0.717, 1.165) is 17.1 Å². The van der Waals surface area contributed by atoms with Crippen LogP contribution in [0.1, 0.15) is 16.7 Å². The van der Waals surface area contributed by atoms with E-state index in [1.54, 1.807) is 6.21 Å². The van der Waals surface area contributed by atoms with Crippen molar-refractivity contribution in [3.8, 4) is 11.5 Å². The maximum absolute atomic E-state index is 5.84. The van der Waals surface area contributed by atoms with Crippen LogP contribution in [0.4, 0.5) is 0 Å². The minimum absolute atomic E-state index is 0.714. The highest BCUT2D eigenvalue weighted by Gasteiger charge is 1.97. The van der Waals surface area contributed by atoms with E-state index in [2.05, 4.69) is 35.7 Å². The molecular weight excluding hydrogens is 296 g/mol. The summed E-state index contributed by atoms with van der Waals surface area (Å²) in [6.07, 6.45) is 1.80. The van der Waals surface area contributed by atoms with Gasteiger partial charge < -0.3 is 10.2 Å². The van der Waals surface area contributed by atoms with Crippen LogP contribution in [0.3, 0.4) is 0 Å². The summed E-state index contributed by atoms with van der Waals surface area (Å²) >= 11 is 0. The summed E-state index contributed by atoms with van der Waals surface area (Å²) in [6.45, 7) is 2.76. The summed E-state index contributed by atoms with van der Waals surface area (Å²) in [5, 5.41) is 4.25. The maximum Gasteiger partial charge on any atom is 0.127 e. The highest BCUT2D eigenvalue weighted by molar-refractivity contribution is 5.79. The third-order valence-corrected chi connectivity index (χ3v) is 3.54. The van der Waals surface area contributed by atoms with Crippen LogP contribution in [0.15, 0.2) is 84.0 Å². The van der Waals surface area contributed by atoms with E-state index in [9.17, 15) is 0 Å². The van der Waals surface area contributed by atoms with Gasteiger partial charge in [-0.15, -0.1) is 0 Å². The molecule has 3 rings (SSSR count). The number of hydrogen-bond acceptors (Lipinski definition) is 3. The molecule has 3 heteroatoms. The minimum Gasteiger partial charge on any atom is -0.457 e. The number of hydrogen-bond donors (Lipinski definition) is 1. The summed E-state index contributed by atoms with van der Waals surface area (Å²) < 4.78 is 5.84. The van der Waals surface area contributed by atoms with Gasteiger partial charge in [0, 0.05) is 0 Å². The average molecular weight is 316 g/mol. The number of benzene rings is 3. The van der Waals surface area contributed by atoms with Gasteiger partial charge in [0.2, 0.25) is 0 Å². The third kappa shape index (κ3) is 4.71. The molecule has 0 spiro atoms. The lowest BCUT2D eigenvalue weighted by Crippen LogP contribution is -2.05. The van der Waals surface area contributed by atoms with Crippen molar-refractivity contribution in [1.29, 1.82) is 0 Å². The quantitative estimate of drug-likeness (QED) is 0.518. The summed E-state index contributed by atoms with van der Waals surface area (Å²) in [7, 11) is 0. The van der Waals surface area contributed by atoms with Gasteiger partial charge >= 0.3 is 0 Å². The zero-order valence-corrected chi connectivity index (χ0v) is 13.6. The Morgan fingerprint density at radius 1 is 0.875 bits per heavy atom. The van der Waals surface area contributed by atoms with Crippen molar-refractivity contribution in [3.05, 3.63) is 95.6 Å². The van der Waals surface area contributed by atoms with Crippen LogP contribution in [0, 0.1) is 6.92 Å². The van der Waals surface area contributed by atoms with Crippen molar-refractivity contribution in [2.24, 2.45) is 5.10 Å². The van der Waals surface area contributed by atoms with Crippen LogP contribution < -0.4 is 10.2 Å². The number of aryl methyl sites for hydroxylation is 1. The number of nitrogens with zero attached hydrogens (tertiary/aromatic N) is 1. The molecule has 0 saturated heterocycles. The molecule has 0 radical (unpaired) electrons. The predicted octanol–water partition coefficient (Wildman–Crippen LogP) is 4.91. The van der Waals surface area contributed by atoms with Crippen molar-refractivity contribution < 1.29 is 4.74 Å². The molecule has 0 bridgehead atoms. The molecule has 0 heterocycles. The smallest absolute Gasteiger partial charge is 0.127 e. The van der Waals surface area contributed by atoms with Gasteiger partial charge in [-0.2, -0.15) is 5.10 Å². The fourth-order valence-electron chi connectivity index (χ4n) is 2.29. The zero-order valence-electron chi connectivity index (χ0n) is 13.6. The van der Waals surface area contributed by atoms with Gasteiger partial charge in [-0.25, -0.2) is 0 Å². The van der Waals surface area contributed by atoms with E-state index < -0.39 is 0 Å². The largest absolute Gasteiger partial charge is 0.457 e. The summed E-state index contributed by atoms with van der Waals surface area (Å²) in [6, 6.07) is 26.1. The Kier molecular flexibility index (Phi) is 5.25. The lowest BCUT2D eigenvalue weighted by Gasteiger charge is -2.06. The Labute approximate surface area is 142 Å². The molecule has 24 heavy (non-hydrogen) atoms. The van der Waals surface area contributed by atoms with Crippen molar-refractivity contribution >= 4 is 6.21 Å². The first-order chi connectivity index (χ1) is 11.8. The second-order valence-electron chi connectivity index (χ2n) is 5.57. The normalized spacial score (nSPS) is 10.7. The summed E-state index contributed by atoms with van der Waals surface area (Å²) in [5.74, 6) is 1.66. The van der Waals surface area contributed by atoms with E-state index in [1.165, 1.54) is 11.1 Å². The maximum atomic E-state index is 5.84. The van der Waals surface area contributed by atoms with Crippen molar-refractivity contribution in [1.82, 2.24) is 5.43 Å². The Hall–Kier alpha value is -3.07. The van der Waals surface area contributed by atoms with Crippen LogP contribution in [-0.2, 0) is 6.54 Å². The van der Waals surface area contributed by atoms with Gasteiger partial charge in [0.15, 0.2) is 0 Å². The fraction of sp³-hybridized carbons (Fsp3) is 0.0952. The molecular formula is C21H20N2O. The van der Waals surface area contributed by atoms with Crippen molar-refractivity contribution in [2.75, 3.05) is 0 Å². The van der Waals surface area contributed by atoms with Gasteiger partial charge in [-0.1, -0.05) is 42.5 Å². The van der Waals surface area contributed by atoms with Gasteiger partial charge in [-0.05, 0) is 60.0 Å². The van der Waals surface area contributed by atoms with Gasteiger partial charge in [0.05, 0.1) is 12.8 Å². The molecule has 0 aliphatic rings. The molecule has 0 aliphatic heterocycles. The number of hydrazone groups is 1. The standard InChI is InChI=1S/C21H20N2O/c1-17-6-5-9-21(14-17)24-20-12-10-19(11-13-20)16-23-22-15-18-7-3-2-4-8-18/h2-14,16,22H,15H2,1H3. The molecule has 3 aromatic carbocycles. The molecule has 120 valence electrons. The van der Waals surface area contributed by atoms with E-state index in [4.69, 9.17) is 4.74 Å². The lowest BCUT2D eigenvalue weighted by molar-refractivity contribution is 0.482. The Bertz CT molecular complexity index is 796. The highest BCUT2D eigenvalue weighted by Crippen LogP contribution is 2.22. The first-order valence-electron chi connectivity index (χ1n) is 7.94. The van der Waals surface area contributed by atoms with Crippen LogP contribution in [0.2, 0.25) is 0 Å². The van der Waals surface area contributed by atoms with E-state index in [0.29, 0.717) is 6.54 Å². The first kappa shape index (κ1) is 15.8. The van der Waals surface area contributed by atoms with Crippen LogP contribution in [0.5, 0.6) is 11.5 Å². The van der Waals surface area contributed by atoms with E-state index in [-0.39, 0.29) is 0 Å². The summed E-state index contributed by atoms with van der Waals surface area (Å²) in [4.78, 5) is 0. The summed E-state index contributed by atoms with van der Waals surface area (Å²) in [5.41, 5.74) is 6.46. The predicted molar refractivity (Wildman–Crippen MR) is 98.6 cm³/mol. The highest BCUT2D eigenvalue weighted by atomic mass is 16.5. The molecule has 1 N–H and O–H groups in total. The molecule has 0 unspecified atom stereocenters. The number of rotatable bonds is 6. The Morgan fingerprint density at radius 2 is 1.67 bits per heavy atom. The van der Waals surface area contributed by atoms with Crippen molar-refractivity contribution in [3.63, 3.8) is 0 Å². The van der Waals surface area contributed by atoms with Gasteiger partial charge in [0.1, 0.15) is 11.5 Å². The van der Waals surface area contributed by atoms with Crippen LogP contribution >= 0.6 is 0 Å². The fourth-order valence-corrected chi connectivity index (χ4v) is 2.29. The first-order valence-corrected chi connectivity index (χ1v) is 7.94.